The average molecular weight is 491 g/mol. The van der Waals surface area contributed by atoms with Crippen LogP contribution in [-0.2, 0) is 16.0 Å². The third kappa shape index (κ3) is 6.74. The molecule has 1 fully saturated rings. The Balaban J connectivity index is 0.000000331. The van der Waals surface area contributed by atoms with Crippen molar-refractivity contribution in [3.8, 4) is 5.75 Å². The van der Waals surface area contributed by atoms with Gasteiger partial charge in [-0.1, -0.05) is 41.6 Å². The highest BCUT2D eigenvalue weighted by molar-refractivity contribution is 7.99. The fourth-order valence-corrected chi connectivity index (χ4v) is 5.32. The molecule has 9 heteroatoms. The normalized spacial score (nSPS) is 18.5. The predicted molar refractivity (Wildman–Crippen MR) is 128 cm³/mol. The highest BCUT2D eigenvalue weighted by atomic mass is 35.5. The molecule has 176 valence electrons. The molecule has 0 aliphatic carbocycles. The van der Waals surface area contributed by atoms with Crippen LogP contribution in [-0.4, -0.2) is 72.3 Å². The molecule has 2 heterocycles. The number of fused-ring (bicyclic) bond motifs is 2. The molecule has 1 unspecified atom stereocenters. The van der Waals surface area contributed by atoms with E-state index in [4.69, 9.17) is 26.6 Å². The molecule has 0 spiro atoms. The highest BCUT2D eigenvalue weighted by Crippen LogP contribution is 2.48. The number of hydrogen-bond donors (Lipinski definition) is 2. The van der Waals surface area contributed by atoms with Crippen molar-refractivity contribution in [3.63, 3.8) is 0 Å². The molecule has 2 aliphatic rings. The van der Waals surface area contributed by atoms with E-state index in [9.17, 15) is 9.59 Å². The first-order valence-electron chi connectivity index (χ1n) is 10.5. The lowest BCUT2D eigenvalue weighted by Gasteiger charge is -2.38. The van der Waals surface area contributed by atoms with Crippen LogP contribution in [0.3, 0.4) is 0 Å². The summed E-state index contributed by atoms with van der Waals surface area (Å²) in [6, 6.07) is 13.1. The van der Waals surface area contributed by atoms with E-state index in [1.807, 2.05) is 17.8 Å². The van der Waals surface area contributed by atoms with Crippen molar-refractivity contribution in [1.82, 2.24) is 9.80 Å². The minimum atomic E-state index is -1.26. The SMILES string of the molecule is COc1cc(Cl)cc2c1Sc1ccccc1CC2N1CCN(C)CC1.O=C(O)/C=C/C(=O)O. The maximum absolute atomic E-state index is 9.55. The second-order valence-corrected chi connectivity index (χ2v) is 9.29. The molecular formula is C24H27ClN2O5S. The molecule has 2 aliphatic heterocycles. The summed E-state index contributed by atoms with van der Waals surface area (Å²) in [6.07, 6.45) is 2.13. The predicted octanol–water partition coefficient (Wildman–Crippen LogP) is 4.06. The molecule has 4 rings (SSSR count). The van der Waals surface area contributed by atoms with Gasteiger partial charge in [0.15, 0.2) is 0 Å². The van der Waals surface area contributed by atoms with Gasteiger partial charge in [-0.05, 0) is 42.8 Å². The van der Waals surface area contributed by atoms with Gasteiger partial charge in [-0.3, -0.25) is 4.90 Å². The molecule has 2 aromatic carbocycles. The van der Waals surface area contributed by atoms with E-state index < -0.39 is 11.9 Å². The number of rotatable bonds is 4. The smallest absolute Gasteiger partial charge is 0.328 e. The number of carbonyl (C=O) groups is 2. The van der Waals surface area contributed by atoms with Crippen molar-refractivity contribution >= 4 is 35.3 Å². The van der Waals surface area contributed by atoms with E-state index >= 15 is 0 Å². The molecule has 7 nitrogen and oxygen atoms in total. The molecule has 1 atom stereocenters. The van der Waals surface area contributed by atoms with Gasteiger partial charge in [0.25, 0.3) is 0 Å². The van der Waals surface area contributed by atoms with Crippen molar-refractivity contribution < 1.29 is 24.5 Å². The summed E-state index contributed by atoms with van der Waals surface area (Å²) in [6.45, 7) is 4.39. The van der Waals surface area contributed by atoms with Gasteiger partial charge in [0, 0.05) is 54.3 Å². The third-order valence-electron chi connectivity index (χ3n) is 5.57. The molecule has 0 bridgehead atoms. The maximum atomic E-state index is 9.55. The number of benzene rings is 2. The lowest BCUT2D eigenvalue weighted by Crippen LogP contribution is -2.46. The summed E-state index contributed by atoms with van der Waals surface area (Å²) in [5.74, 6) is -1.64. The van der Waals surface area contributed by atoms with E-state index in [2.05, 4.69) is 47.2 Å². The Labute approximate surface area is 202 Å². The van der Waals surface area contributed by atoms with E-state index in [-0.39, 0.29) is 0 Å². The van der Waals surface area contributed by atoms with Crippen molar-refractivity contribution in [3.05, 3.63) is 64.7 Å². The van der Waals surface area contributed by atoms with Gasteiger partial charge in [-0.2, -0.15) is 0 Å². The van der Waals surface area contributed by atoms with Gasteiger partial charge in [0.2, 0.25) is 0 Å². The highest BCUT2D eigenvalue weighted by Gasteiger charge is 2.31. The summed E-state index contributed by atoms with van der Waals surface area (Å²) < 4.78 is 5.68. The number of aliphatic carboxylic acids is 2. The Morgan fingerprint density at radius 2 is 1.73 bits per heavy atom. The average Bonchev–Trinajstić information content (AvgIpc) is 2.95. The minimum absolute atomic E-state index is 0.340. The Hall–Kier alpha value is -2.52. The molecular weight excluding hydrogens is 464 g/mol. The number of halogens is 1. The summed E-state index contributed by atoms with van der Waals surface area (Å²) in [5, 5.41) is 16.4. The van der Waals surface area contributed by atoms with Gasteiger partial charge < -0.3 is 19.8 Å². The number of methoxy groups -OCH3 is 1. The molecule has 2 aromatic rings. The molecule has 0 saturated carbocycles. The zero-order chi connectivity index (χ0) is 24.0. The second kappa shape index (κ2) is 11.6. The molecule has 33 heavy (non-hydrogen) atoms. The standard InChI is InChI=1S/C20H23ClN2OS.C4H4O4/c1-22-7-9-23(10-8-22)17-11-14-5-3-4-6-19(14)25-20-16(17)12-15(21)13-18(20)24-2;5-3(6)1-2-4(7)8/h3-6,12-13,17H,7-11H2,1-2H3;1-2H,(H,5,6)(H,7,8)/b;2-1+. The number of piperazine rings is 1. The Bertz CT molecular complexity index is 1020. The number of hydrogen-bond acceptors (Lipinski definition) is 6. The maximum Gasteiger partial charge on any atom is 0.328 e. The van der Waals surface area contributed by atoms with Gasteiger partial charge in [0.1, 0.15) is 5.75 Å². The quantitative estimate of drug-likeness (QED) is 0.620. The van der Waals surface area contributed by atoms with Gasteiger partial charge in [-0.25, -0.2) is 9.59 Å². The van der Waals surface area contributed by atoms with Crippen LogP contribution < -0.4 is 4.74 Å². The second-order valence-electron chi connectivity index (χ2n) is 7.81. The summed E-state index contributed by atoms with van der Waals surface area (Å²) in [4.78, 5) is 26.6. The topological polar surface area (TPSA) is 90.3 Å². The number of nitrogens with zero attached hydrogens (tertiary/aromatic N) is 2. The monoisotopic (exact) mass is 490 g/mol. The van der Waals surface area contributed by atoms with E-state index in [1.165, 1.54) is 20.9 Å². The van der Waals surface area contributed by atoms with Crippen LogP contribution in [0, 0.1) is 0 Å². The molecule has 0 amide bonds. The largest absolute Gasteiger partial charge is 0.496 e. The fraction of sp³-hybridized carbons (Fsp3) is 0.333. The number of carboxylic acid groups (broad SMARTS) is 2. The van der Waals surface area contributed by atoms with Crippen molar-refractivity contribution in [2.75, 3.05) is 40.3 Å². The first-order valence-corrected chi connectivity index (χ1v) is 11.7. The third-order valence-corrected chi connectivity index (χ3v) is 7.05. The van der Waals surface area contributed by atoms with Gasteiger partial charge >= 0.3 is 11.9 Å². The lowest BCUT2D eigenvalue weighted by atomic mass is 9.96. The minimum Gasteiger partial charge on any atom is -0.496 e. The lowest BCUT2D eigenvalue weighted by molar-refractivity contribution is -0.134. The molecule has 0 radical (unpaired) electrons. The van der Waals surface area contributed by atoms with Crippen molar-refractivity contribution in [2.45, 2.75) is 22.3 Å². The number of ether oxygens (including phenoxy) is 1. The van der Waals surface area contributed by atoms with Gasteiger partial charge in [-0.15, -0.1) is 0 Å². The zero-order valence-corrected chi connectivity index (χ0v) is 20.1. The first-order chi connectivity index (χ1) is 15.8. The summed E-state index contributed by atoms with van der Waals surface area (Å²) in [5.41, 5.74) is 2.71. The van der Waals surface area contributed by atoms with Gasteiger partial charge in [0.05, 0.1) is 12.0 Å². The van der Waals surface area contributed by atoms with Crippen LogP contribution in [0.4, 0.5) is 0 Å². The fourth-order valence-electron chi connectivity index (χ4n) is 3.90. The van der Waals surface area contributed by atoms with Crippen molar-refractivity contribution in [2.24, 2.45) is 0 Å². The van der Waals surface area contributed by atoms with Crippen molar-refractivity contribution in [1.29, 1.82) is 0 Å². The van der Waals surface area contributed by atoms with E-state index in [0.29, 0.717) is 18.2 Å². The molecule has 1 saturated heterocycles. The Morgan fingerprint density at radius 1 is 1.09 bits per heavy atom. The van der Waals surface area contributed by atoms with E-state index in [0.717, 1.165) is 43.4 Å². The summed E-state index contributed by atoms with van der Waals surface area (Å²) >= 11 is 8.25. The Kier molecular flexibility index (Phi) is 8.80. The van der Waals surface area contributed by atoms with Crippen LogP contribution in [0.5, 0.6) is 5.75 Å². The Morgan fingerprint density at radius 3 is 2.33 bits per heavy atom. The van der Waals surface area contributed by atoms with Crippen LogP contribution in [0.2, 0.25) is 5.02 Å². The first kappa shape index (κ1) is 25.1. The summed E-state index contributed by atoms with van der Waals surface area (Å²) in [7, 11) is 3.93. The van der Waals surface area contributed by atoms with Crippen LogP contribution in [0.1, 0.15) is 17.2 Å². The number of likely N-dealkylation sites (N-methyl/N-ethyl adjacent to an activating group) is 1. The van der Waals surface area contributed by atoms with E-state index in [1.54, 1.807) is 7.11 Å². The zero-order valence-electron chi connectivity index (χ0n) is 18.5. The van der Waals surface area contributed by atoms with Crippen LogP contribution in [0.15, 0.2) is 58.3 Å². The molecule has 2 N–H and O–H groups in total. The van der Waals surface area contributed by atoms with Crippen LogP contribution in [0.25, 0.3) is 0 Å². The van der Waals surface area contributed by atoms with Crippen LogP contribution >= 0.6 is 23.4 Å². The molecule has 0 aromatic heterocycles. The number of carboxylic acids is 2.